The van der Waals surface area contributed by atoms with Gasteiger partial charge < -0.3 is 20.4 Å². The van der Waals surface area contributed by atoms with Crippen molar-refractivity contribution in [2.75, 3.05) is 19.6 Å². The van der Waals surface area contributed by atoms with E-state index in [2.05, 4.69) is 19.2 Å². The molecule has 0 aromatic rings. The molecule has 2 amide bonds. The zero-order valence-electron chi connectivity index (χ0n) is 24.0. The summed E-state index contributed by atoms with van der Waals surface area (Å²) < 4.78 is 0. The number of carboxylic acids is 2. The Bertz CT molecular complexity index is 734. The summed E-state index contributed by atoms with van der Waals surface area (Å²) in [5.41, 5.74) is 0. The standard InChI is InChI=1S/C30H52N2O6/c1-4-7-10-12-14-16-18-25(23-27(33)34)29(37)31-20-22-32(21-9-6-3)30(38)26(24-28(35)36)19-17-15-13-11-8-5-2/h14-17,25-26H,4-13,18-24H2,1-3H3,(H,31,37)(H,33,34)(H,35,36). The molecule has 2 atom stereocenters. The zero-order valence-corrected chi connectivity index (χ0v) is 24.0. The molecule has 0 rings (SSSR count). The summed E-state index contributed by atoms with van der Waals surface area (Å²) >= 11 is 0. The van der Waals surface area contributed by atoms with E-state index in [0.717, 1.165) is 64.2 Å². The van der Waals surface area contributed by atoms with Crippen LogP contribution in [-0.4, -0.2) is 58.5 Å². The number of amides is 2. The number of carboxylic acid groups (broad SMARTS) is 2. The fourth-order valence-electron chi connectivity index (χ4n) is 4.15. The maximum atomic E-state index is 13.3. The third-order valence-electron chi connectivity index (χ3n) is 6.46. The van der Waals surface area contributed by atoms with Crippen LogP contribution in [0.2, 0.25) is 0 Å². The summed E-state index contributed by atoms with van der Waals surface area (Å²) in [6.45, 7) is 7.22. The smallest absolute Gasteiger partial charge is 0.304 e. The van der Waals surface area contributed by atoms with Gasteiger partial charge in [0.1, 0.15) is 0 Å². The van der Waals surface area contributed by atoms with Crippen LogP contribution in [0.5, 0.6) is 0 Å². The molecule has 0 aliphatic heterocycles. The van der Waals surface area contributed by atoms with Gasteiger partial charge in [0.25, 0.3) is 0 Å². The SMILES string of the molecule is CCCCCC=CCC(CC(=O)O)C(=O)NCCN(CCCC)C(=O)C(CC=CCCCCC)CC(=O)O. The number of unbranched alkanes of at least 4 members (excludes halogenated alkanes) is 7. The van der Waals surface area contributed by atoms with E-state index < -0.39 is 23.8 Å². The molecule has 3 N–H and O–H groups in total. The molecule has 0 fully saturated rings. The van der Waals surface area contributed by atoms with Crippen molar-refractivity contribution in [2.24, 2.45) is 11.8 Å². The quantitative estimate of drug-likeness (QED) is 0.103. The Kier molecular flexibility index (Phi) is 21.8. The maximum Gasteiger partial charge on any atom is 0.304 e. The topological polar surface area (TPSA) is 124 Å². The first kappa shape index (κ1) is 35.4. The second-order valence-electron chi connectivity index (χ2n) is 9.97. The van der Waals surface area contributed by atoms with Crippen LogP contribution in [0.15, 0.2) is 24.3 Å². The number of carbonyl (C=O) groups excluding carboxylic acids is 2. The lowest BCUT2D eigenvalue weighted by molar-refractivity contribution is -0.144. The van der Waals surface area contributed by atoms with Crippen molar-refractivity contribution in [1.82, 2.24) is 10.2 Å². The molecule has 8 heteroatoms. The normalized spacial score (nSPS) is 13.0. The number of rotatable bonds is 24. The Hall–Kier alpha value is -2.64. The lowest BCUT2D eigenvalue weighted by Gasteiger charge is -2.27. The largest absolute Gasteiger partial charge is 0.481 e. The van der Waals surface area contributed by atoms with Crippen LogP contribution in [0.1, 0.15) is 111 Å². The molecule has 0 spiro atoms. The Morgan fingerprint density at radius 3 is 1.68 bits per heavy atom. The lowest BCUT2D eigenvalue weighted by Crippen LogP contribution is -2.43. The fraction of sp³-hybridized carbons (Fsp3) is 0.733. The third-order valence-corrected chi connectivity index (χ3v) is 6.46. The van der Waals surface area contributed by atoms with Crippen molar-refractivity contribution in [3.05, 3.63) is 24.3 Å². The molecular formula is C30H52N2O6. The lowest BCUT2D eigenvalue weighted by atomic mass is 9.98. The average Bonchev–Trinajstić information content (AvgIpc) is 2.87. The van der Waals surface area contributed by atoms with Gasteiger partial charge in [-0.2, -0.15) is 0 Å². The van der Waals surface area contributed by atoms with Crippen molar-refractivity contribution in [1.29, 1.82) is 0 Å². The van der Waals surface area contributed by atoms with Crippen molar-refractivity contribution in [2.45, 2.75) is 111 Å². The highest BCUT2D eigenvalue weighted by molar-refractivity contribution is 5.84. The van der Waals surface area contributed by atoms with Gasteiger partial charge in [-0.1, -0.05) is 77.2 Å². The molecular weight excluding hydrogens is 484 g/mol. The van der Waals surface area contributed by atoms with Crippen LogP contribution < -0.4 is 5.32 Å². The maximum absolute atomic E-state index is 13.3. The summed E-state index contributed by atoms with van der Waals surface area (Å²) in [5.74, 6) is -3.92. The summed E-state index contributed by atoms with van der Waals surface area (Å²) in [6.07, 6.45) is 18.2. The minimum atomic E-state index is -1.02. The van der Waals surface area contributed by atoms with Crippen molar-refractivity contribution < 1.29 is 29.4 Å². The highest BCUT2D eigenvalue weighted by Gasteiger charge is 2.26. The molecule has 0 radical (unpaired) electrons. The number of hydrogen-bond acceptors (Lipinski definition) is 4. The predicted molar refractivity (Wildman–Crippen MR) is 152 cm³/mol. The highest BCUT2D eigenvalue weighted by Crippen LogP contribution is 2.16. The number of nitrogens with zero attached hydrogens (tertiary/aromatic N) is 1. The van der Waals surface area contributed by atoms with E-state index in [1.807, 2.05) is 31.2 Å². The minimum Gasteiger partial charge on any atom is -0.481 e. The predicted octanol–water partition coefficient (Wildman–Crippen LogP) is 5.97. The molecule has 8 nitrogen and oxygen atoms in total. The minimum absolute atomic E-state index is 0.192. The van der Waals surface area contributed by atoms with Crippen LogP contribution in [-0.2, 0) is 19.2 Å². The van der Waals surface area contributed by atoms with E-state index in [4.69, 9.17) is 0 Å². The molecule has 38 heavy (non-hydrogen) atoms. The molecule has 0 aromatic heterocycles. The van der Waals surface area contributed by atoms with Crippen molar-refractivity contribution in [3.8, 4) is 0 Å². The first-order valence-electron chi connectivity index (χ1n) is 14.6. The first-order chi connectivity index (χ1) is 18.3. The zero-order chi connectivity index (χ0) is 28.6. The Labute approximate surface area is 229 Å². The molecule has 0 saturated carbocycles. The first-order valence-corrected chi connectivity index (χ1v) is 14.6. The van der Waals surface area contributed by atoms with Crippen LogP contribution in [0.4, 0.5) is 0 Å². The second-order valence-corrected chi connectivity index (χ2v) is 9.97. The molecule has 0 saturated heterocycles. The Morgan fingerprint density at radius 1 is 0.684 bits per heavy atom. The Balaban J connectivity index is 5.10. The number of hydrogen-bond donors (Lipinski definition) is 3. The van der Waals surface area contributed by atoms with Gasteiger partial charge >= 0.3 is 11.9 Å². The van der Waals surface area contributed by atoms with Gasteiger partial charge in [-0.15, -0.1) is 0 Å². The van der Waals surface area contributed by atoms with Crippen LogP contribution in [0, 0.1) is 11.8 Å². The third kappa shape index (κ3) is 18.6. The number of carbonyl (C=O) groups is 4. The van der Waals surface area contributed by atoms with Gasteiger partial charge in [0, 0.05) is 19.6 Å². The van der Waals surface area contributed by atoms with Gasteiger partial charge in [0.05, 0.1) is 24.7 Å². The molecule has 0 aliphatic rings. The number of nitrogens with one attached hydrogen (secondary N) is 1. The summed E-state index contributed by atoms with van der Waals surface area (Å²) in [5, 5.41) is 21.4. The second kappa shape index (κ2) is 23.5. The summed E-state index contributed by atoms with van der Waals surface area (Å²) in [4.78, 5) is 50.4. The monoisotopic (exact) mass is 536 g/mol. The van der Waals surface area contributed by atoms with Gasteiger partial charge in [0.2, 0.25) is 11.8 Å². The number of aliphatic carboxylic acids is 2. The Morgan fingerprint density at radius 2 is 1.18 bits per heavy atom. The average molecular weight is 537 g/mol. The van der Waals surface area contributed by atoms with E-state index in [0.29, 0.717) is 19.4 Å². The van der Waals surface area contributed by atoms with E-state index in [-0.39, 0.29) is 37.7 Å². The number of allylic oxidation sites excluding steroid dienone is 4. The molecule has 2 unspecified atom stereocenters. The van der Waals surface area contributed by atoms with Gasteiger partial charge in [0.15, 0.2) is 0 Å². The molecule has 0 aromatic carbocycles. The summed E-state index contributed by atoms with van der Waals surface area (Å²) in [6, 6.07) is 0. The summed E-state index contributed by atoms with van der Waals surface area (Å²) in [7, 11) is 0. The van der Waals surface area contributed by atoms with Crippen LogP contribution in [0.25, 0.3) is 0 Å². The fourth-order valence-corrected chi connectivity index (χ4v) is 4.15. The van der Waals surface area contributed by atoms with E-state index in [9.17, 15) is 29.4 Å². The van der Waals surface area contributed by atoms with Crippen molar-refractivity contribution >= 4 is 23.8 Å². The highest BCUT2D eigenvalue weighted by atomic mass is 16.4. The van der Waals surface area contributed by atoms with Gasteiger partial charge in [-0.05, 0) is 44.9 Å². The molecule has 218 valence electrons. The van der Waals surface area contributed by atoms with Gasteiger partial charge in [-0.3, -0.25) is 19.2 Å². The molecule has 0 bridgehead atoms. The van der Waals surface area contributed by atoms with Gasteiger partial charge in [-0.25, -0.2) is 0 Å². The molecule has 0 heterocycles. The van der Waals surface area contributed by atoms with E-state index in [1.165, 1.54) is 0 Å². The van der Waals surface area contributed by atoms with Crippen LogP contribution in [0.3, 0.4) is 0 Å². The van der Waals surface area contributed by atoms with Crippen molar-refractivity contribution in [3.63, 3.8) is 0 Å². The van der Waals surface area contributed by atoms with Crippen LogP contribution >= 0.6 is 0 Å². The van der Waals surface area contributed by atoms with E-state index in [1.54, 1.807) is 4.90 Å². The van der Waals surface area contributed by atoms with E-state index >= 15 is 0 Å². The molecule has 0 aliphatic carbocycles.